The Labute approximate surface area is 285 Å². The highest BCUT2D eigenvalue weighted by Gasteiger charge is 2.28. The topological polar surface area (TPSA) is 162 Å². The van der Waals surface area contributed by atoms with E-state index in [-0.39, 0.29) is 37.0 Å². The van der Waals surface area contributed by atoms with Crippen LogP contribution in [0.2, 0.25) is 0 Å². The quantitative estimate of drug-likeness (QED) is 0.101. The van der Waals surface area contributed by atoms with Crippen LogP contribution < -0.4 is 16.0 Å². The van der Waals surface area contributed by atoms with E-state index in [2.05, 4.69) is 40.2 Å². The molecule has 0 bridgehead atoms. The van der Waals surface area contributed by atoms with Crippen LogP contribution in [-0.4, -0.2) is 102 Å². The van der Waals surface area contributed by atoms with Crippen molar-refractivity contribution >= 4 is 24.3 Å². The van der Waals surface area contributed by atoms with Gasteiger partial charge in [0.25, 0.3) is 6.47 Å². The summed E-state index contributed by atoms with van der Waals surface area (Å²) in [5.41, 5.74) is 5.00. The van der Waals surface area contributed by atoms with Gasteiger partial charge in [-0.2, -0.15) is 0 Å². The second-order valence-electron chi connectivity index (χ2n) is 10.5. The van der Waals surface area contributed by atoms with Gasteiger partial charge in [0.2, 0.25) is 11.8 Å². The molecule has 2 amide bonds. The predicted molar refractivity (Wildman–Crippen MR) is 185 cm³/mol. The van der Waals surface area contributed by atoms with Crippen LogP contribution >= 0.6 is 0 Å². The first-order valence-electron chi connectivity index (χ1n) is 16.8. The molecule has 48 heavy (non-hydrogen) atoms. The fourth-order valence-electron chi connectivity index (χ4n) is 4.79. The zero-order chi connectivity index (χ0) is 35.4. The molecule has 1 aliphatic rings. The summed E-state index contributed by atoms with van der Waals surface area (Å²) >= 11 is 0. The summed E-state index contributed by atoms with van der Waals surface area (Å²) in [5, 5.41) is 17.2. The van der Waals surface area contributed by atoms with Crippen LogP contribution in [0, 0.1) is 0 Å². The number of aliphatic carboxylic acids is 1. The molecule has 0 aromatic heterocycles. The molecule has 1 atom stereocenters. The Balaban J connectivity index is 0.000000506. The molecule has 0 radical (unpaired) electrons. The summed E-state index contributed by atoms with van der Waals surface area (Å²) in [6.45, 7) is 11.2. The highest BCUT2D eigenvalue weighted by atomic mass is 16.5. The molecule has 2 aromatic carbocycles. The molecule has 1 aliphatic carbocycles. The lowest BCUT2D eigenvalue weighted by Gasteiger charge is -2.13. The molecule has 0 saturated carbocycles. The maximum Gasteiger partial charge on any atom is 0.326 e. The summed E-state index contributed by atoms with van der Waals surface area (Å²) in [4.78, 5) is 44.5. The molecule has 0 fully saturated rings. The molecule has 0 saturated heterocycles. The number of rotatable bonds is 23. The van der Waals surface area contributed by atoms with Crippen LogP contribution in [0.15, 0.2) is 48.5 Å². The van der Waals surface area contributed by atoms with Crippen molar-refractivity contribution in [3.63, 3.8) is 0 Å². The number of hydrogen-bond donors (Lipinski definition) is 4. The van der Waals surface area contributed by atoms with Crippen molar-refractivity contribution in [1.82, 2.24) is 16.0 Å². The van der Waals surface area contributed by atoms with Gasteiger partial charge in [0, 0.05) is 38.5 Å². The largest absolute Gasteiger partial charge is 0.480 e. The normalized spacial score (nSPS) is 11.8. The molecule has 0 spiro atoms. The Hall–Kier alpha value is -3.84. The van der Waals surface area contributed by atoms with Crippen LogP contribution in [-0.2, 0) is 38.1 Å². The average Bonchev–Trinajstić information content (AvgIpc) is 3.43. The summed E-state index contributed by atoms with van der Waals surface area (Å²) < 4.78 is 21.1. The molecule has 12 heteroatoms. The lowest BCUT2D eigenvalue weighted by molar-refractivity contribution is -0.142. The van der Waals surface area contributed by atoms with Gasteiger partial charge in [0.05, 0.1) is 26.4 Å². The molecule has 0 aliphatic heterocycles. The van der Waals surface area contributed by atoms with Crippen molar-refractivity contribution < 1.29 is 43.2 Å². The van der Waals surface area contributed by atoms with E-state index in [1.165, 1.54) is 22.3 Å². The monoisotopic (exact) mass is 673 g/mol. The fraction of sp³-hybridized carbons (Fsp3) is 0.556. The third-order valence-corrected chi connectivity index (χ3v) is 7.16. The summed E-state index contributed by atoms with van der Waals surface area (Å²) in [5.74, 6) is -1.57. The molecule has 3 rings (SSSR count). The van der Waals surface area contributed by atoms with Crippen LogP contribution in [0.1, 0.15) is 69.9 Å². The summed E-state index contributed by atoms with van der Waals surface area (Å²) in [6.07, 6.45) is 1.92. The predicted octanol–water partition coefficient (Wildman–Crippen LogP) is 3.91. The van der Waals surface area contributed by atoms with E-state index in [4.69, 9.17) is 24.1 Å². The van der Waals surface area contributed by atoms with Gasteiger partial charge in [-0.3, -0.25) is 14.4 Å². The Morgan fingerprint density at radius 2 is 1.33 bits per heavy atom. The minimum absolute atomic E-state index is 0.0344. The fourth-order valence-corrected chi connectivity index (χ4v) is 4.79. The summed E-state index contributed by atoms with van der Waals surface area (Å²) in [7, 11) is 1.91. The molecule has 12 nitrogen and oxygen atoms in total. The molecule has 0 heterocycles. The van der Waals surface area contributed by atoms with Gasteiger partial charge in [0.1, 0.15) is 12.6 Å². The van der Waals surface area contributed by atoms with Gasteiger partial charge in [-0.15, -0.1) is 0 Å². The Bertz CT molecular complexity index is 1150. The number of ether oxygens (including phenoxy) is 4. The van der Waals surface area contributed by atoms with Gasteiger partial charge in [-0.05, 0) is 55.1 Å². The second-order valence-corrected chi connectivity index (χ2v) is 10.5. The Morgan fingerprint density at radius 1 is 0.812 bits per heavy atom. The second kappa shape index (κ2) is 27.1. The first-order valence-corrected chi connectivity index (χ1v) is 16.8. The first kappa shape index (κ1) is 42.2. The number of hydrogen-bond acceptors (Lipinski definition) is 9. The molecule has 2 aromatic rings. The van der Waals surface area contributed by atoms with Crippen LogP contribution in [0.5, 0.6) is 0 Å². The van der Waals surface area contributed by atoms with Crippen LogP contribution in [0.25, 0.3) is 11.1 Å². The average molecular weight is 674 g/mol. The summed E-state index contributed by atoms with van der Waals surface area (Å²) in [6, 6.07) is 15.5. The third-order valence-electron chi connectivity index (χ3n) is 7.16. The number of carbonyl (C=O) groups is 4. The van der Waals surface area contributed by atoms with Gasteiger partial charge < -0.3 is 40.0 Å². The Kier molecular flexibility index (Phi) is 23.9. The minimum atomic E-state index is -1.14. The van der Waals surface area contributed by atoms with E-state index >= 15 is 0 Å². The van der Waals surface area contributed by atoms with E-state index in [9.17, 15) is 19.2 Å². The lowest BCUT2D eigenvalue weighted by atomic mass is 9.98. The third kappa shape index (κ3) is 16.8. The standard InChI is InChI=1S/C19H37N3O7.C15H12O2.C2H6/c1-3-17(23)22-16(19(25)26)6-7-18(24)21-9-5-11-28-13-15-29-14-12-27-10-4-8-20-2;16-10-17-9-15-13-7-3-1-5-11(13)12-6-2-4-8-14(12)15;1-2/h16,20H,3-15H2,1-2H3,(H,21,24)(H,22,23)(H,25,26);1-8,10,15H,9H2;1-2H3. The minimum Gasteiger partial charge on any atom is -0.480 e. The van der Waals surface area contributed by atoms with Gasteiger partial charge in [0.15, 0.2) is 0 Å². The number of nitrogens with one attached hydrogen (secondary N) is 3. The zero-order valence-electron chi connectivity index (χ0n) is 29.0. The van der Waals surface area contributed by atoms with Crippen molar-refractivity contribution in [2.24, 2.45) is 0 Å². The van der Waals surface area contributed by atoms with E-state index in [1.54, 1.807) is 6.92 Å². The van der Waals surface area contributed by atoms with Gasteiger partial charge in [-0.1, -0.05) is 69.3 Å². The zero-order valence-corrected chi connectivity index (χ0v) is 29.0. The van der Waals surface area contributed by atoms with E-state index in [0.29, 0.717) is 59.1 Å². The first-order chi connectivity index (χ1) is 23.4. The van der Waals surface area contributed by atoms with Crippen molar-refractivity contribution in [2.45, 2.75) is 64.8 Å². The SMILES string of the molecule is CC.CCC(=O)NC(CCC(=O)NCCCOCCOCCOCCCNC)C(=O)O.O=COCC1c2ccccc2-c2ccccc21. The van der Waals surface area contributed by atoms with Gasteiger partial charge >= 0.3 is 5.97 Å². The number of carboxylic acids is 1. The van der Waals surface area contributed by atoms with E-state index in [0.717, 1.165) is 19.6 Å². The Morgan fingerprint density at radius 3 is 1.83 bits per heavy atom. The molecular weight excluding hydrogens is 618 g/mol. The van der Waals surface area contributed by atoms with Crippen molar-refractivity contribution in [1.29, 1.82) is 0 Å². The molecular formula is C36H55N3O9. The van der Waals surface area contributed by atoms with Crippen LogP contribution in [0.3, 0.4) is 0 Å². The van der Waals surface area contributed by atoms with E-state index < -0.39 is 12.0 Å². The van der Waals surface area contributed by atoms with Crippen molar-refractivity contribution in [2.75, 3.05) is 66.4 Å². The number of carboxylic acid groups (broad SMARTS) is 1. The van der Waals surface area contributed by atoms with Crippen molar-refractivity contribution in [3.8, 4) is 11.1 Å². The number of carbonyl (C=O) groups excluding carboxylic acids is 3. The van der Waals surface area contributed by atoms with Crippen molar-refractivity contribution in [3.05, 3.63) is 59.7 Å². The highest BCUT2D eigenvalue weighted by molar-refractivity contribution is 5.84. The lowest BCUT2D eigenvalue weighted by Crippen LogP contribution is -2.41. The highest BCUT2D eigenvalue weighted by Crippen LogP contribution is 2.44. The van der Waals surface area contributed by atoms with E-state index in [1.807, 2.05) is 45.2 Å². The number of amides is 2. The number of benzene rings is 2. The smallest absolute Gasteiger partial charge is 0.326 e. The molecule has 1 unspecified atom stereocenters. The van der Waals surface area contributed by atoms with Crippen LogP contribution in [0.4, 0.5) is 0 Å². The van der Waals surface area contributed by atoms with Gasteiger partial charge in [-0.25, -0.2) is 4.79 Å². The molecule has 4 N–H and O–H groups in total. The number of fused-ring (bicyclic) bond motifs is 3. The molecule has 268 valence electrons. The maximum absolute atomic E-state index is 11.8. The maximum atomic E-state index is 11.8.